The van der Waals surface area contributed by atoms with E-state index in [0.717, 1.165) is 5.46 Å². The highest BCUT2D eigenvalue weighted by atomic mass is 16.3. The first kappa shape index (κ1) is 8.10. The van der Waals surface area contributed by atoms with Crippen molar-refractivity contribution < 1.29 is 10.1 Å². The molecule has 0 radical (unpaired) electrons. The van der Waals surface area contributed by atoms with Gasteiger partial charge in [0.1, 0.15) is 5.75 Å². The molecule has 0 bridgehead atoms. The minimum absolute atomic E-state index is 0.206. The number of phenolic OH excluding ortho intramolecular Hbond substituents is 1. The lowest BCUT2D eigenvalue weighted by atomic mass is 9.75. The number of rotatable bonds is 2. The van der Waals surface area contributed by atoms with Crippen LogP contribution in [0.15, 0.2) is 24.3 Å². The highest BCUT2D eigenvalue weighted by molar-refractivity contribution is 6.63. The second-order valence-electron chi connectivity index (χ2n) is 2.28. The largest absolute Gasteiger partial charge is 0.508 e. The first-order chi connectivity index (χ1) is 5.24. The van der Waals surface area contributed by atoms with Crippen molar-refractivity contribution in [2.24, 2.45) is 0 Å². The van der Waals surface area contributed by atoms with Crippen molar-refractivity contribution in [3.63, 3.8) is 0 Å². The fourth-order valence-corrected chi connectivity index (χ4v) is 0.823. The van der Waals surface area contributed by atoms with E-state index in [0.29, 0.717) is 0 Å². The van der Waals surface area contributed by atoms with Crippen LogP contribution in [0.2, 0.25) is 0 Å². The summed E-state index contributed by atoms with van der Waals surface area (Å²) < 4.78 is 0. The monoisotopic (exact) mass is 151 g/mol. The summed E-state index contributed by atoms with van der Waals surface area (Å²) in [4.78, 5) is 0. The third-order valence-corrected chi connectivity index (χ3v) is 1.48. The second-order valence-corrected chi connectivity index (χ2v) is 2.28. The van der Waals surface area contributed by atoms with Crippen LogP contribution in [0.25, 0.3) is 0 Å². The zero-order chi connectivity index (χ0) is 8.27. The van der Waals surface area contributed by atoms with Crippen LogP contribution >= 0.6 is 0 Å². The van der Waals surface area contributed by atoms with Crippen LogP contribution in [0, 0.1) is 0 Å². The number of aromatic hydroxyl groups is 1. The van der Waals surface area contributed by atoms with Crippen LogP contribution in [0.4, 0.5) is 0 Å². The first-order valence-corrected chi connectivity index (χ1v) is 3.38. The highest BCUT2D eigenvalue weighted by Gasteiger charge is 2.10. The van der Waals surface area contributed by atoms with Gasteiger partial charge in [-0.25, -0.2) is 0 Å². The van der Waals surface area contributed by atoms with Crippen molar-refractivity contribution in [2.45, 2.75) is 0 Å². The van der Waals surface area contributed by atoms with E-state index < -0.39 is 7.05 Å². The maximum atomic E-state index is 9.23. The van der Waals surface area contributed by atoms with Gasteiger partial charge in [0, 0.05) is 0 Å². The molecule has 0 fully saturated rings. The fourth-order valence-electron chi connectivity index (χ4n) is 0.823. The minimum Gasteiger partial charge on any atom is -0.508 e. The molecule has 1 rings (SSSR count). The van der Waals surface area contributed by atoms with E-state index in [1.807, 2.05) is 0 Å². The van der Waals surface area contributed by atoms with E-state index in [1.165, 1.54) is 12.1 Å². The molecule has 0 atom stereocenters. The molecule has 0 unspecified atom stereocenters. The summed E-state index contributed by atoms with van der Waals surface area (Å²) in [6.07, 6.45) is 0. The van der Waals surface area contributed by atoms with E-state index in [9.17, 15) is 5.02 Å². The smallest absolute Gasteiger partial charge is 0.412 e. The molecule has 0 saturated heterocycles. The Labute approximate surface area is 65.8 Å². The van der Waals surface area contributed by atoms with Crippen LogP contribution in [-0.4, -0.2) is 24.2 Å². The van der Waals surface area contributed by atoms with Gasteiger partial charge in [0.05, 0.1) is 0 Å². The number of nitrogens with one attached hydrogen (secondary N) is 1. The zero-order valence-corrected chi connectivity index (χ0v) is 6.28. The summed E-state index contributed by atoms with van der Waals surface area (Å²) in [5, 5.41) is 20.8. The third-order valence-electron chi connectivity index (χ3n) is 1.48. The Morgan fingerprint density at radius 3 is 2.27 bits per heavy atom. The third kappa shape index (κ3) is 1.96. The number of hydrogen-bond acceptors (Lipinski definition) is 3. The van der Waals surface area contributed by atoms with Gasteiger partial charge in [0.2, 0.25) is 0 Å². The maximum absolute atomic E-state index is 9.23. The molecule has 3 N–H and O–H groups in total. The van der Waals surface area contributed by atoms with Crippen molar-refractivity contribution in [2.75, 3.05) is 7.05 Å². The standard InChI is InChI=1S/C7H10BNO2/c1-9-8(11)6-2-4-7(10)5-3-6/h2-5,9-11H,1H3. The fraction of sp³-hybridized carbons (Fsp3) is 0.143. The molecule has 58 valence electrons. The summed E-state index contributed by atoms with van der Waals surface area (Å²) in [6.45, 7) is 0. The zero-order valence-electron chi connectivity index (χ0n) is 6.28. The molecule has 0 aliphatic carbocycles. The molecule has 0 spiro atoms. The molecule has 0 amide bonds. The summed E-state index contributed by atoms with van der Waals surface area (Å²) in [5.41, 5.74) is 0.741. The lowest BCUT2D eigenvalue weighted by molar-refractivity contribution is 0.475. The van der Waals surface area contributed by atoms with Gasteiger partial charge in [-0.1, -0.05) is 12.1 Å². The normalized spacial score (nSPS) is 9.64. The number of hydrogen-bond donors (Lipinski definition) is 3. The lowest BCUT2D eigenvalue weighted by Gasteiger charge is -2.03. The SMILES string of the molecule is CNB(O)c1ccc(O)cc1. The first-order valence-electron chi connectivity index (χ1n) is 3.38. The van der Waals surface area contributed by atoms with Crippen LogP contribution < -0.4 is 10.7 Å². The van der Waals surface area contributed by atoms with Gasteiger partial charge < -0.3 is 15.4 Å². The quantitative estimate of drug-likeness (QED) is 0.490. The van der Waals surface area contributed by atoms with Gasteiger partial charge in [-0.2, -0.15) is 0 Å². The predicted octanol–water partition coefficient (Wildman–Crippen LogP) is -0.701. The predicted molar refractivity (Wildman–Crippen MR) is 44.8 cm³/mol. The Balaban J connectivity index is 2.81. The second kappa shape index (κ2) is 3.41. The van der Waals surface area contributed by atoms with E-state index >= 15 is 0 Å². The highest BCUT2D eigenvalue weighted by Crippen LogP contribution is 2.02. The molecule has 0 heterocycles. The van der Waals surface area contributed by atoms with Gasteiger partial charge >= 0.3 is 7.05 Å². The number of benzene rings is 1. The molecule has 0 aliphatic heterocycles. The van der Waals surface area contributed by atoms with Crippen LogP contribution in [0.1, 0.15) is 0 Å². The van der Waals surface area contributed by atoms with E-state index in [-0.39, 0.29) is 5.75 Å². The number of phenols is 1. The molecule has 0 aliphatic rings. The molecule has 11 heavy (non-hydrogen) atoms. The average Bonchev–Trinajstić information content (AvgIpc) is 2.05. The van der Waals surface area contributed by atoms with E-state index in [1.54, 1.807) is 19.2 Å². The molecule has 0 saturated carbocycles. The van der Waals surface area contributed by atoms with E-state index in [4.69, 9.17) is 5.11 Å². The summed E-state index contributed by atoms with van der Waals surface area (Å²) >= 11 is 0. The Bertz CT molecular complexity index is 224. The Morgan fingerprint density at radius 2 is 1.82 bits per heavy atom. The van der Waals surface area contributed by atoms with Gasteiger partial charge in [-0.05, 0) is 24.6 Å². The van der Waals surface area contributed by atoms with Gasteiger partial charge in [-0.3, -0.25) is 0 Å². The summed E-state index contributed by atoms with van der Waals surface area (Å²) in [5.74, 6) is 0.206. The Kier molecular flexibility index (Phi) is 2.51. The van der Waals surface area contributed by atoms with Gasteiger partial charge in [0.25, 0.3) is 0 Å². The lowest BCUT2D eigenvalue weighted by Crippen LogP contribution is -2.42. The maximum Gasteiger partial charge on any atom is 0.412 e. The van der Waals surface area contributed by atoms with Crippen molar-refractivity contribution in [1.82, 2.24) is 5.23 Å². The van der Waals surface area contributed by atoms with Crippen molar-refractivity contribution >= 4 is 12.5 Å². The molecular weight excluding hydrogens is 141 g/mol. The van der Waals surface area contributed by atoms with Crippen LogP contribution in [0.5, 0.6) is 5.75 Å². The molecule has 3 nitrogen and oxygen atoms in total. The Morgan fingerprint density at radius 1 is 1.27 bits per heavy atom. The summed E-state index contributed by atoms with van der Waals surface area (Å²) in [7, 11) is 1.01. The molecule has 0 aromatic heterocycles. The Hall–Kier alpha value is -0.995. The minimum atomic E-state index is -0.657. The van der Waals surface area contributed by atoms with Crippen molar-refractivity contribution in [3.8, 4) is 5.75 Å². The summed E-state index contributed by atoms with van der Waals surface area (Å²) in [6, 6.07) is 6.40. The van der Waals surface area contributed by atoms with Crippen molar-refractivity contribution in [3.05, 3.63) is 24.3 Å². The average molecular weight is 151 g/mol. The molecular formula is C7H10BNO2. The van der Waals surface area contributed by atoms with Gasteiger partial charge in [-0.15, -0.1) is 0 Å². The molecule has 1 aromatic rings. The van der Waals surface area contributed by atoms with Crippen LogP contribution in [0.3, 0.4) is 0 Å². The van der Waals surface area contributed by atoms with Crippen LogP contribution in [-0.2, 0) is 0 Å². The van der Waals surface area contributed by atoms with Gasteiger partial charge in [0.15, 0.2) is 0 Å². The topological polar surface area (TPSA) is 52.5 Å². The van der Waals surface area contributed by atoms with Crippen molar-refractivity contribution in [1.29, 1.82) is 0 Å². The molecule has 4 heteroatoms. The van der Waals surface area contributed by atoms with E-state index in [2.05, 4.69) is 5.23 Å². The molecule has 1 aromatic carbocycles.